The van der Waals surface area contributed by atoms with E-state index < -0.39 is 11.8 Å². The summed E-state index contributed by atoms with van der Waals surface area (Å²) < 4.78 is 10.9. The molecule has 0 atom stereocenters. The Balaban J connectivity index is 1.81. The Labute approximate surface area is 154 Å². The first kappa shape index (κ1) is 16.7. The Morgan fingerprint density at radius 2 is 1.67 bits per heavy atom. The van der Waals surface area contributed by atoms with Crippen molar-refractivity contribution in [3.63, 3.8) is 0 Å². The Morgan fingerprint density at radius 1 is 1.00 bits per heavy atom. The molecule has 3 aromatic carbocycles. The summed E-state index contributed by atoms with van der Waals surface area (Å²) in [6.45, 7) is 0. The topological polar surface area (TPSA) is 94.6 Å². The van der Waals surface area contributed by atoms with Crippen LogP contribution in [0.3, 0.4) is 0 Å². The van der Waals surface area contributed by atoms with Gasteiger partial charge in [-0.3, -0.25) is 9.59 Å². The highest BCUT2D eigenvalue weighted by molar-refractivity contribution is 6.15. The lowest BCUT2D eigenvalue weighted by Gasteiger charge is -2.11. The highest BCUT2D eigenvalue weighted by Crippen LogP contribution is 2.32. The van der Waals surface area contributed by atoms with Crippen LogP contribution in [0.2, 0.25) is 0 Å². The van der Waals surface area contributed by atoms with Crippen LogP contribution in [-0.2, 0) is 0 Å². The lowest BCUT2D eigenvalue weighted by Crippen LogP contribution is -2.17. The van der Waals surface area contributed by atoms with E-state index in [0.29, 0.717) is 22.3 Å². The molecule has 27 heavy (non-hydrogen) atoms. The van der Waals surface area contributed by atoms with E-state index in [9.17, 15) is 9.59 Å². The summed E-state index contributed by atoms with van der Waals surface area (Å²) in [6.07, 6.45) is 0. The summed E-state index contributed by atoms with van der Waals surface area (Å²) in [5.41, 5.74) is 6.47. The fourth-order valence-electron chi connectivity index (χ4n) is 3.09. The van der Waals surface area contributed by atoms with Gasteiger partial charge in [-0.1, -0.05) is 36.4 Å². The average Bonchev–Trinajstić information content (AvgIpc) is 3.05. The molecule has 0 saturated carbocycles. The number of amides is 2. The predicted molar refractivity (Wildman–Crippen MR) is 103 cm³/mol. The van der Waals surface area contributed by atoms with Gasteiger partial charge in [0.25, 0.3) is 11.8 Å². The van der Waals surface area contributed by atoms with Gasteiger partial charge in [0.1, 0.15) is 17.0 Å². The number of rotatable bonds is 4. The van der Waals surface area contributed by atoms with Crippen molar-refractivity contribution >= 4 is 39.2 Å². The number of carbonyl (C=O) groups is 2. The molecule has 0 bridgehead atoms. The second kappa shape index (κ2) is 6.49. The fourth-order valence-corrected chi connectivity index (χ4v) is 3.09. The highest BCUT2D eigenvalue weighted by atomic mass is 16.5. The molecule has 0 aliphatic carbocycles. The largest absolute Gasteiger partial charge is 0.496 e. The first-order valence-corrected chi connectivity index (χ1v) is 8.28. The van der Waals surface area contributed by atoms with Crippen molar-refractivity contribution in [3.8, 4) is 5.75 Å². The molecule has 6 nitrogen and oxygen atoms in total. The summed E-state index contributed by atoms with van der Waals surface area (Å²) in [7, 11) is 1.50. The lowest BCUT2D eigenvalue weighted by atomic mass is 10.0. The Bertz CT molecular complexity index is 1190. The molecule has 6 heteroatoms. The molecule has 4 aromatic rings. The van der Waals surface area contributed by atoms with Crippen molar-refractivity contribution in [2.24, 2.45) is 5.73 Å². The first-order chi connectivity index (χ1) is 13.1. The van der Waals surface area contributed by atoms with Gasteiger partial charge in [-0.15, -0.1) is 0 Å². The number of fused-ring (bicyclic) bond motifs is 2. The molecule has 0 fully saturated rings. The first-order valence-electron chi connectivity index (χ1n) is 8.28. The number of ether oxygens (including phenoxy) is 1. The van der Waals surface area contributed by atoms with E-state index in [1.54, 1.807) is 36.4 Å². The molecule has 1 aromatic heterocycles. The van der Waals surface area contributed by atoms with Gasteiger partial charge < -0.3 is 20.2 Å². The van der Waals surface area contributed by atoms with E-state index in [4.69, 9.17) is 14.9 Å². The molecule has 2 amide bonds. The number of para-hydroxylation sites is 1. The van der Waals surface area contributed by atoms with E-state index in [-0.39, 0.29) is 11.4 Å². The minimum Gasteiger partial charge on any atom is -0.496 e. The monoisotopic (exact) mass is 360 g/mol. The fraction of sp³-hybridized carbons (Fsp3) is 0.0476. The van der Waals surface area contributed by atoms with Gasteiger partial charge >= 0.3 is 0 Å². The van der Waals surface area contributed by atoms with Crippen LogP contribution >= 0.6 is 0 Å². The minimum absolute atomic E-state index is 0.0932. The summed E-state index contributed by atoms with van der Waals surface area (Å²) >= 11 is 0. The predicted octanol–water partition coefficient (Wildman–Crippen LogP) is 3.95. The van der Waals surface area contributed by atoms with Gasteiger partial charge in [-0.2, -0.15) is 0 Å². The van der Waals surface area contributed by atoms with Crippen molar-refractivity contribution < 1.29 is 18.7 Å². The maximum atomic E-state index is 13.0. The van der Waals surface area contributed by atoms with Crippen molar-refractivity contribution in [2.45, 2.75) is 0 Å². The second-order valence-electron chi connectivity index (χ2n) is 6.02. The summed E-state index contributed by atoms with van der Waals surface area (Å²) in [5, 5.41) is 5.21. The smallest absolute Gasteiger partial charge is 0.286 e. The van der Waals surface area contributed by atoms with Gasteiger partial charge in [-0.25, -0.2) is 0 Å². The Morgan fingerprint density at radius 3 is 2.37 bits per heavy atom. The Hall–Kier alpha value is -3.80. The normalized spacial score (nSPS) is 10.9. The lowest BCUT2D eigenvalue weighted by molar-refractivity contribution is 0.0977. The molecule has 0 saturated heterocycles. The number of anilines is 1. The van der Waals surface area contributed by atoms with E-state index in [2.05, 4.69) is 5.32 Å². The molecule has 0 aliphatic heterocycles. The van der Waals surface area contributed by atoms with Gasteiger partial charge in [-0.05, 0) is 35.0 Å². The van der Waals surface area contributed by atoms with E-state index in [0.717, 1.165) is 10.8 Å². The molecule has 0 unspecified atom stereocenters. The highest BCUT2D eigenvalue weighted by Gasteiger charge is 2.22. The molecule has 0 spiro atoms. The number of nitrogens with one attached hydrogen (secondary N) is 1. The number of primary amides is 1. The van der Waals surface area contributed by atoms with Gasteiger partial charge in [0, 0.05) is 5.39 Å². The number of carbonyl (C=O) groups excluding carboxylic acids is 2. The van der Waals surface area contributed by atoms with Crippen molar-refractivity contribution in [3.05, 3.63) is 72.0 Å². The number of furan rings is 1. The van der Waals surface area contributed by atoms with E-state index in [1.807, 2.05) is 24.3 Å². The van der Waals surface area contributed by atoms with Crippen LogP contribution in [-0.4, -0.2) is 18.9 Å². The van der Waals surface area contributed by atoms with Crippen LogP contribution in [0.15, 0.2) is 65.1 Å². The second-order valence-corrected chi connectivity index (χ2v) is 6.02. The van der Waals surface area contributed by atoms with Gasteiger partial charge in [0.05, 0.1) is 12.7 Å². The quantitative estimate of drug-likeness (QED) is 0.576. The number of methoxy groups -OCH3 is 1. The van der Waals surface area contributed by atoms with Crippen LogP contribution in [0.4, 0.5) is 5.69 Å². The zero-order valence-corrected chi connectivity index (χ0v) is 14.5. The number of hydrogen-bond acceptors (Lipinski definition) is 4. The van der Waals surface area contributed by atoms with Crippen molar-refractivity contribution in [1.29, 1.82) is 0 Å². The van der Waals surface area contributed by atoms with Crippen LogP contribution < -0.4 is 15.8 Å². The van der Waals surface area contributed by atoms with Crippen LogP contribution in [0.5, 0.6) is 5.75 Å². The summed E-state index contributed by atoms with van der Waals surface area (Å²) in [5.74, 6) is -0.845. The summed E-state index contributed by atoms with van der Waals surface area (Å²) in [4.78, 5) is 24.7. The van der Waals surface area contributed by atoms with E-state index >= 15 is 0 Å². The molecule has 0 aliphatic rings. The van der Waals surface area contributed by atoms with Crippen molar-refractivity contribution in [2.75, 3.05) is 12.4 Å². The maximum Gasteiger partial charge on any atom is 0.286 e. The van der Waals surface area contributed by atoms with Gasteiger partial charge in [0.15, 0.2) is 0 Å². The molecular formula is C21H16N2O4. The molecule has 3 N–H and O–H groups in total. The van der Waals surface area contributed by atoms with Crippen LogP contribution in [0, 0.1) is 0 Å². The number of hydrogen-bond donors (Lipinski definition) is 2. The molecular weight excluding hydrogens is 344 g/mol. The third kappa shape index (κ3) is 2.87. The molecule has 134 valence electrons. The standard InChI is InChI=1S/C21H16N2O4/c1-26-17-11-13-7-3-2-6-12(13)10-15(17)21(25)23-18-14-8-4-5-9-16(14)27-19(18)20(22)24/h2-11H,1H3,(H2,22,24)(H,23,25). The Kier molecular flexibility index (Phi) is 4.01. The van der Waals surface area contributed by atoms with Crippen molar-refractivity contribution in [1.82, 2.24) is 0 Å². The van der Waals surface area contributed by atoms with Gasteiger partial charge in [0.2, 0.25) is 5.76 Å². The number of nitrogens with two attached hydrogens (primary N) is 1. The van der Waals surface area contributed by atoms with E-state index in [1.165, 1.54) is 7.11 Å². The third-order valence-corrected chi connectivity index (χ3v) is 4.37. The minimum atomic E-state index is -0.757. The molecule has 4 rings (SSSR count). The SMILES string of the molecule is COc1cc2ccccc2cc1C(=O)Nc1c(C(N)=O)oc2ccccc12. The molecule has 1 heterocycles. The number of benzene rings is 3. The molecule has 0 radical (unpaired) electrons. The zero-order valence-electron chi connectivity index (χ0n) is 14.5. The summed E-state index contributed by atoms with van der Waals surface area (Å²) in [6, 6.07) is 18.2. The zero-order chi connectivity index (χ0) is 19.0. The third-order valence-electron chi connectivity index (χ3n) is 4.37. The maximum absolute atomic E-state index is 13.0. The average molecular weight is 360 g/mol. The van der Waals surface area contributed by atoms with Crippen LogP contribution in [0.25, 0.3) is 21.7 Å². The van der Waals surface area contributed by atoms with Crippen LogP contribution in [0.1, 0.15) is 20.9 Å².